The van der Waals surface area contributed by atoms with Crippen molar-refractivity contribution in [3.8, 4) is 0 Å². The number of aliphatic hydroxyl groups is 2. The first-order valence-electron chi connectivity index (χ1n) is 9.88. The van der Waals surface area contributed by atoms with Crippen molar-refractivity contribution in [3.63, 3.8) is 0 Å². The highest BCUT2D eigenvalue weighted by molar-refractivity contribution is 5.81. The van der Waals surface area contributed by atoms with Crippen LogP contribution in [0.4, 0.5) is 0 Å². The molecule has 0 heterocycles. The lowest BCUT2D eigenvalue weighted by atomic mass is 9.91. The van der Waals surface area contributed by atoms with Crippen LogP contribution >= 0.6 is 0 Å². The minimum atomic E-state index is -2.41. The zero-order chi connectivity index (χ0) is 19.6. The Labute approximate surface area is 158 Å². The van der Waals surface area contributed by atoms with Crippen LogP contribution in [-0.4, -0.2) is 34.1 Å². The molecule has 0 spiro atoms. The molecule has 0 aromatic carbocycles. The molecule has 0 radical (unpaired) electrons. The van der Waals surface area contributed by atoms with E-state index in [4.69, 9.17) is 10.5 Å². The Morgan fingerprint density at radius 1 is 1.23 bits per heavy atom. The zero-order valence-corrected chi connectivity index (χ0v) is 16.6. The van der Waals surface area contributed by atoms with E-state index in [1.165, 1.54) is 19.3 Å². The van der Waals surface area contributed by atoms with Crippen LogP contribution in [-0.2, 0) is 9.53 Å². The second kappa shape index (κ2) is 10.9. The van der Waals surface area contributed by atoms with E-state index < -0.39 is 11.7 Å². The van der Waals surface area contributed by atoms with Crippen molar-refractivity contribution in [1.29, 1.82) is 0 Å². The summed E-state index contributed by atoms with van der Waals surface area (Å²) in [6, 6.07) is 0. The van der Waals surface area contributed by atoms with Gasteiger partial charge < -0.3 is 20.7 Å². The van der Waals surface area contributed by atoms with Gasteiger partial charge in [0.1, 0.15) is 0 Å². The highest BCUT2D eigenvalue weighted by atomic mass is 16.5. The second-order valence-corrected chi connectivity index (χ2v) is 8.02. The Bertz CT molecular complexity index is 482. The molecule has 2 atom stereocenters. The van der Waals surface area contributed by atoms with Crippen LogP contribution in [0.1, 0.15) is 72.1 Å². The fourth-order valence-electron chi connectivity index (χ4n) is 3.37. The molecule has 1 rings (SSSR count). The van der Waals surface area contributed by atoms with Gasteiger partial charge >= 0.3 is 0 Å². The number of primary amides is 1. The summed E-state index contributed by atoms with van der Waals surface area (Å²) in [5, 5.41) is 18.8. The Hall–Kier alpha value is -1.17. The van der Waals surface area contributed by atoms with Gasteiger partial charge in [0.2, 0.25) is 5.79 Å². The zero-order valence-electron chi connectivity index (χ0n) is 16.6. The van der Waals surface area contributed by atoms with Gasteiger partial charge in [-0.1, -0.05) is 37.6 Å². The number of hydrogen-bond donors (Lipinski definition) is 3. The van der Waals surface area contributed by atoms with Crippen LogP contribution in [0.2, 0.25) is 0 Å². The van der Waals surface area contributed by atoms with Crippen LogP contribution in [0.25, 0.3) is 0 Å². The van der Waals surface area contributed by atoms with E-state index in [1.54, 1.807) is 0 Å². The number of rotatable bonds is 12. The fraction of sp³-hybridized carbons (Fsp3) is 0.762. The third-order valence-electron chi connectivity index (χ3n) is 5.07. The molecule has 4 N–H and O–H groups in total. The van der Waals surface area contributed by atoms with Gasteiger partial charge in [0.05, 0.1) is 5.60 Å². The molecule has 0 aliphatic heterocycles. The summed E-state index contributed by atoms with van der Waals surface area (Å²) in [4.78, 5) is 10.8. The monoisotopic (exact) mass is 367 g/mol. The lowest BCUT2D eigenvalue weighted by Crippen LogP contribution is -2.43. The third-order valence-corrected chi connectivity index (χ3v) is 5.07. The van der Waals surface area contributed by atoms with E-state index in [-0.39, 0.29) is 12.0 Å². The summed E-state index contributed by atoms with van der Waals surface area (Å²) >= 11 is 0. The lowest BCUT2D eigenvalue weighted by molar-refractivity contribution is -0.183. The van der Waals surface area contributed by atoms with Gasteiger partial charge in [-0.3, -0.25) is 4.79 Å². The normalized spacial score (nSPS) is 21.9. The average molecular weight is 368 g/mol. The maximum Gasteiger partial charge on any atom is 0.277 e. The van der Waals surface area contributed by atoms with Crippen LogP contribution in [0.3, 0.4) is 0 Å². The highest BCUT2D eigenvalue weighted by Crippen LogP contribution is 2.35. The van der Waals surface area contributed by atoms with Gasteiger partial charge in [0.15, 0.2) is 0 Å². The van der Waals surface area contributed by atoms with Gasteiger partial charge in [-0.05, 0) is 64.2 Å². The maximum absolute atomic E-state index is 10.8. The summed E-state index contributed by atoms with van der Waals surface area (Å²) < 4.78 is 5.87. The summed E-state index contributed by atoms with van der Waals surface area (Å²) in [6.45, 7) is 7.19. The third kappa shape index (κ3) is 8.47. The Morgan fingerprint density at radius 2 is 1.96 bits per heavy atom. The molecule has 1 aliphatic carbocycles. The number of ether oxygens (including phenoxy) is 1. The molecule has 26 heavy (non-hydrogen) atoms. The van der Waals surface area contributed by atoms with Crippen molar-refractivity contribution < 1.29 is 19.7 Å². The number of nitrogens with two attached hydrogens (primary N) is 1. The molecule has 0 bridgehead atoms. The lowest BCUT2D eigenvalue weighted by Gasteiger charge is -2.24. The highest BCUT2D eigenvalue weighted by Gasteiger charge is 2.29. The van der Waals surface area contributed by atoms with Gasteiger partial charge in [-0.15, -0.1) is 0 Å². The quantitative estimate of drug-likeness (QED) is 0.364. The predicted molar refractivity (Wildman–Crippen MR) is 104 cm³/mol. The molecule has 0 aromatic heterocycles. The van der Waals surface area contributed by atoms with Crippen molar-refractivity contribution in [2.45, 2.75) is 83.5 Å². The second-order valence-electron chi connectivity index (χ2n) is 8.02. The van der Waals surface area contributed by atoms with Gasteiger partial charge in [0, 0.05) is 13.0 Å². The Balaban J connectivity index is 2.37. The minimum Gasteiger partial charge on any atom is -0.375 e. The molecule has 0 unspecified atom stereocenters. The molecular weight excluding hydrogens is 330 g/mol. The summed E-state index contributed by atoms with van der Waals surface area (Å²) in [5.41, 5.74) is 4.82. The van der Waals surface area contributed by atoms with Crippen molar-refractivity contribution >= 4 is 5.91 Å². The van der Waals surface area contributed by atoms with Crippen LogP contribution in [0.15, 0.2) is 24.3 Å². The van der Waals surface area contributed by atoms with Crippen molar-refractivity contribution in [1.82, 2.24) is 0 Å². The summed E-state index contributed by atoms with van der Waals surface area (Å²) in [6.07, 6.45) is 15.6. The van der Waals surface area contributed by atoms with E-state index >= 15 is 0 Å². The number of carbonyl (C=O) groups is 1. The molecular formula is C21H37NO4. The van der Waals surface area contributed by atoms with E-state index in [0.717, 1.165) is 25.9 Å². The Morgan fingerprint density at radius 3 is 2.62 bits per heavy atom. The first kappa shape index (κ1) is 22.9. The molecule has 1 amide bonds. The predicted octanol–water partition coefficient (Wildman–Crippen LogP) is 3.45. The first-order chi connectivity index (χ1) is 12.2. The van der Waals surface area contributed by atoms with E-state index in [9.17, 15) is 15.0 Å². The Kier molecular flexibility index (Phi) is 9.55. The maximum atomic E-state index is 10.8. The standard InChI is InChI=1S/C21H37NO4/c1-4-16-26-20(2,3)14-9-13-18-12-8-11-17(18)10-6-5-7-15-21(24,25)19(22)23/h5-6,9,13,17-18,24-25H,4,7-8,10-12,14-16H2,1-3H3,(H2,22,23)/b6-5-,13-9+/t17-,18+/m0/s1. The SMILES string of the molecule is CCCOC(C)(C)C/C=C/[C@H]1CCC[C@@H]1C/C=C\CCC(O)(O)C(N)=O. The van der Waals surface area contributed by atoms with Crippen molar-refractivity contribution in [2.24, 2.45) is 17.6 Å². The summed E-state index contributed by atoms with van der Waals surface area (Å²) in [7, 11) is 0. The molecule has 1 fully saturated rings. The molecule has 0 aromatic rings. The van der Waals surface area contributed by atoms with Gasteiger partial charge in [-0.2, -0.15) is 0 Å². The number of hydrogen-bond acceptors (Lipinski definition) is 4. The van der Waals surface area contributed by atoms with Crippen LogP contribution in [0, 0.1) is 11.8 Å². The van der Waals surface area contributed by atoms with Gasteiger partial charge in [0.25, 0.3) is 5.91 Å². The molecule has 1 saturated carbocycles. The van der Waals surface area contributed by atoms with Crippen molar-refractivity contribution in [2.75, 3.05) is 6.61 Å². The molecule has 150 valence electrons. The largest absolute Gasteiger partial charge is 0.375 e. The average Bonchev–Trinajstić information content (AvgIpc) is 2.99. The first-order valence-corrected chi connectivity index (χ1v) is 9.88. The fourth-order valence-corrected chi connectivity index (χ4v) is 3.37. The minimum absolute atomic E-state index is 0.0698. The molecule has 0 saturated heterocycles. The number of amides is 1. The van der Waals surface area contributed by atoms with Crippen LogP contribution in [0.5, 0.6) is 0 Å². The summed E-state index contributed by atoms with van der Waals surface area (Å²) in [5.74, 6) is -2.28. The van der Waals surface area contributed by atoms with E-state index in [2.05, 4.69) is 39.0 Å². The molecule has 5 nitrogen and oxygen atoms in total. The van der Waals surface area contributed by atoms with Gasteiger partial charge in [-0.25, -0.2) is 0 Å². The van der Waals surface area contributed by atoms with Crippen molar-refractivity contribution in [3.05, 3.63) is 24.3 Å². The molecule has 5 heteroatoms. The topological polar surface area (TPSA) is 92.8 Å². The number of allylic oxidation sites excluding steroid dienone is 3. The van der Waals surface area contributed by atoms with Crippen LogP contribution < -0.4 is 5.73 Å². The smallest absolute Gasteiger partial charge is 0.277 e. The van der Waals surface area contributed by atoms with E-state index in [1.807, 2.05) is 6.08 Å². The van der Waals surface area contributed by atoms with E-state index in [0.29, 0.717) is 18.3 Å². The molecule has 1 aliphatic rings. The number of carbonyl (C=O) groups excluding carboxylic acids is 1.